The Balaban J connectivity index is 1.56. The van der Waals surface area contributed by atoms with Gasteiger partial charge in [-0.3, -0.25) is 9.78 Å². The number of alkyl halides is 3. The molecule has 0 unspecified atom stereocenters. The molecule has 10 heteroatoms. The highest BCUT2D eigenvalue weighted by Crippen LogP contribution is 2.33. The molecule has 0 N–H and O–H groups in total. The average Bonchev–Trinajstić information content (AvgIpc) is 3.47. The number of pyridine rings is 1. The van der Waals surface area contributed by atoms with Crippen LogP contribution in [0, 0.1) is 5.82 Å². The normalized spacial score (nSPS) is 12.1. The number of nitrogens with zero attached hydrogens (tertiary/aromatic N) is 4. The molecule has 0 bridgehead atoms. The standard InChI is InChI=1S/C34H30F4N4O2/c1-3-44-28-15-13-27(14-16-28)42-22-31(25-9-5-4-6-10-25)40-33(42)23(2)41(21-26-11-7-8-18-39-26)32(43)20-24-12-17-30(35)29(19-24)34(36,37)38/h4-19,22-23H,3,20-21H2,1-2H3/t23-/m1/s1. The Hall–Kier alpha value is -4.99. The number of imidazole rings is 1. The van der Waals surface area contributed by atoms with Crippen LogP contribution in [0.2, 0.25) is 0 Å². The van der Waals surface area contributed by atoms with Crippen LogP contribution >= 0.6 is 0 Å². The fourth-order valence-corrected chi connectivity index (χ4v) is 4.94. The number of benzene rings is 3. The molecule has 0 spiro atoms. The van der Waals surface area contributed by atoms with Crippen LogP contribution in [0.15, 0.2) is 103 Å². The predicted octanol–water partition coefficient (Wildman–Crippen LogP) is 7.82. The number of ether oxygens (including phenoxy) is 1. The molecule has 6 nitrogen and oxygen atoms in total. The highest BCUT2D eigenvalue weighted by Gasteiger charge is 2.35. The Bertz CT molecular complexity index is 1710. The van der Waals surface area contributed by atoms with Gasteiger partial charge < -0.3 is 14.2 Å². The molecule has 0 aliphatic carbocycles. The number of aromatic nitrogens is 3. The summed E-state index contributed by atoms with van der Waals surface area (Å²) in [5.41, 5.74) is 1.56. The molecule has 5 rings (SSSR count). The number of amides is 1. The molecular formula is C34H30F4N4O2. The fraction of sp³-hybridized carbons (Fsp3) is 0.206. The van der Waals surface area contributed by atoms with Gasteiger partial charge in [-0.25, -0.2) is 9.37 Å². The van der Waals surface area contributed by atoms with Gasteiger partial charge in [0.05, 0.1) is 42.6 Å². The van der Waals surface area contributed by atoms with Gasteiger partial charge in [-0.15, -0.1) is 0 Å². The largest absolute Gasteiger partial charge is 0.494 e. The van der Waals surface area contributed by atoms with Crippen molar-refractivity contribution in [2.45, 2.75) is 39.0 Å². The first kappa shape index (κ1) is 30.5. The van der Waals surface area contributed by atoms with E-state index in [1.165, 1.54) is 11.0 Å². The maximum atomic E-state index is 14.0. The van der Waals surface area contributed by atoms with E-state index >= 15 is 0 Å². The van der Waals surface area contributed by atoms with Crippen LogP contribution < -0.4 is 4.74 Å². The SMILES string of the molecule is CCOc1ccc(-n2cc(-c3ccccc3)nc2[C@@H](C)N(Cc2ccccn2)C(=O)Cc2ccc(F)c(C(F)(F)F)c2)cc1. The zero-order chi connectivity index (χ0) is 31.3. The summed E-state index contributed by atoms with van der Waals surface area (Å²) in [5.74, 6) is -0.616. The van der Waals surface area contributed by atoms with Crippen molar-refractivity contribution in [2.75, 3.05) is 6.61 Å². The van der Waals surface area contributed by atoms with E-state index < -0.39 is 29.5 Å². The first-order chi connectivity index (χ1) is 21.1. The molecule has 1 amide bonds. The van der Waals surface area contributed by atoms with Crippen LogP contribution in [-0.4, -0.2) is 31.9 Å². The number of rotatable bonds is 10. The molecule has 2 aromatic heterocycles. The molecule has 0 fully saturated rings. The third-order valence-electron chi connectivity index (χ3n) is 7.14. The second kappa shape index (κ2) is 13.1. The van der Waals surface area contributed by atoms with Crippen LogP contribution in [0.25, 0.3) is 16.9 Å². The Kier molecular flexibility index (Phi) is 9.08. The fourth-order valence-electron chi connectivity index (χ4n) is 4.94. The molecule has 0 aliphatic rings. The van der Waals surface area contributed by atoms with E-state index in [0.717, 1.165) is 17.3 Å². The van der Waals surface area contributed by atoms with Crippen molar-refractivity contribution >= 4 is 5.91 Å². The monoisotopic (exact) mass is 602 g/mol. The molecule has 0 saturated heterocycles. The molecule has 2 heterocycles. The second-order valence-electron chi connectivity index (χ2n) is 10.2. The lowest BCUT2D eigenvalue weighted by molar-refractivity contribution is -0.140. The van der Waals surface area contributed by atoms with Crippen molar-refractivity contribution in [3.63, 3.8) is 0 Å². The van der Waals surface area contributed by atoms with Crippen LogP contribution in [0.1, 0.15) is 42.5 Å². The highest BCUT2D eigenvalue weighted by atomic mass is 19.4. The number of hydrogen-bond donors (Lipinski definition) is 0. The number of hydrogen-bond acceptors (Lipinski definition) is 4. The molecule has 0 aliphatic heterocycles. The minimum Gasteiger partial charge on any atom is -0.494 e. The minimum atomic E-state index is -4.89. The zero-order valence-corrected chi connectivity index (χ0v) is 24.1. The summed E-state index contributed by atoms with van der Waals surface area (Å²) >= 11 is 0. The van der Waals surface area contributed by atoms with Gasteiger partial charge in [0.2, 0.25) is 5.91 Å². The molecule has 44 heavy (non-hydrogen) atoms. The lowest BCUT2D eigenvalue weighted by Gasteiger charge is -2.29. The smallest absolute Gasteiger partial charge is 0.419 e. The van der Waals surface area contributed by atoms with Gasteiger partial charge in [0, 0.05) is 23.6 Å². The summed E-state index contributed by atoms with van der Waals surface area (Å²) in [6.07, 6.45) is -1.78. The quantitative estimate of drug-likeness (QED) is 0.153. The highest BCUT2D eigenvalue weighted by molar-refractivity contribution is 5.79. The number of halogens is 4. The molecule has 1 atom stereocenters. The Labute approximate surface area is 252 Å². The van der Waals surface area contributed by atoms with E-state index in [2.05, 4.69) is 4.98 Å². The van der Waals surface area contributed by atoms with E-state index in [1.807, 2.05) is 79.2 Å². The zero-order valence-electron chi connectivity index (χ0n) is 24.1. The van der Waals surface area contributed by atoms with Crippen molar-refractivity contribution in [1.29, 1.82) is 0 Å². The van der Waals surface area contributed by atoms with Crippen molar-refractivity contribution in [3.05, 3.63) is 132 Å². The van der Waals surface area contributed by atoms with E-state index in [1.54, 1.807) is 24.4 Å². The number of carbonyl (C=O) groups excluding carboxylic acids is 1. The van der Waals surface area contributed by atoms with Crippen molar-refractivity contribution in [2.24, 2.45) is 0 Å². The topological polar surface area (TPSA) is 60.2 Å². The first-order valence-electron chi connectivity index (χ1n) is 14.1. The van der Waals surface area contributed by atoms with Crippen molar-refractivity contribution in [3.8, 4) is 22.7 Å². The van der Waals surface area contributed by atoms with Gasteiger partial charge in [-0.1, -0.05) is 42.5 Å². The predicted molar refractivity (Wildman–Crippen MR) is 158 cm³/mol. The third kappa shape index (κ3) is 6.96. The molecule has 0 saturated carbocycles. The lowest BCUT2D eigenvalue weighted by Crippen LogP contribution is -2.35. The van der Waals surface area contributed by atoms with Gasteiger partial charge in [0.15, 0.2) is 0 Å². The minimum absolute atomic E-state index is 0.0433. The third-order valence-corrected chi connectivity index (χ3v) is 7.14. The summed E-state index contributed by atoms with van der Waals surface area (Å²) in [4.78, 5) is 24.7. The van der Waals surface area contributed by atoms with Crippen LogP contribution in [0.4, 0.5) is 17.6 Å². The summed E-state index contributed by atoms with van der Waals surface area (Å²) in [7, 11) is 0. The van der Waals surface area contributed by atoms with Crippen LogP contribution in [-0.2, 0) is 23.9 Å². The molecule has 0 radical (unpaired) electrons. The number of carbonyl (C=O) groups is 1. The maximum Gasteiger partial charge on any atom is 0.419 e. The van der Waals surface area contributed by atoms with E-state index in [-0.39, 0.29) is 18.5 Å². The van der Waals surface area contributed by atoms with Crippen LogP contribution in [0.5, 0.6) is 5.75 Å². The Morgan fingerprint density at radius 2 is 1.70 bits per heavy atom. The molecule has 226 valence electrons. The van der Waals surface area contributed by atoms with Gasteiger partial charge >= 0.3 is 6.18 Å². The molecule has 5 aromatic rings. The maximum absolute atomic E-state index is 14.0. The van der Waals surface area contributed by atoms with E-state index in [4.69, 9.17) is 9.72 Å². The first-order valence-corrected chi connectivity index (χ1v) is 14.1. The van der Waals surface area contributed by atoms with E-state index in [9.17, 15) is 22.4 Å². The van der Waals surface area contributed by atoms with Gasteiger partial charge in [-0.2, -0.15) is 13.2 Å². The van der Waals surface area contributed by atoms with Gasteiger partial charge in [-0.05, 0) is 67.9 Å². The van der Waals surface area contributed by atoms with Crippen molar-refractivity contribution < 1.29 is 27.1 Å². The Morgan fingerprint density at radius 3 is 2.36 bits per heavy atom. The summed E-state index contributed by atoms with van der Waals surface area (Å²) < 4.78 is 61.7. The molecular weight excluding hydrogens is 572 g/mol. The summed E-state index contributed by atoms with van der Waals surface area (Å²) in [5, 5.41) is 0. The lowest BCUT2D eigenvalue weighted by atomic mass is 10.1. The summed E-state index contributed by atoms with van der Waals surface area (Å²) in [6.45, 7) is 4.31. The summed E-state index contributed by atoms with van der Waals surface area (Å²) in [6, 6.07) is 24.3. The second-order valence-corrected chi connectivity index (χ2v) is 10.2. The Morgan fingerprint density at radius 1 is 0.977 bits per heavy atom. The van der Waals surface area contributed by atoms with Gasteiger partial charge in [0.1, 0.15) is 17.4 Å². The molecule has 3 aromatic carbocycles. The van der Waals surface area contributed by atoms with Crippen LogP contribution in [0.3, 0.4) is 0 Å². The van der Waals surface area contributed by atoms with Gasteiger partial charge in [0.25, 0.3) is 0 Å². The average molecular weight is 603 g/mol. The van der Waals surface area contributed by atoms with Crippen molar-refractivity contribution in [1.82, 2.24) is 19.4 Å². The van der Waals surface area contributed by atoms with E-state index in [0.29, 0.717) is 35.6 Å².